The molecular formula is C22H29N3O3. The van der Waals surface area contributed by atoms with Crippen LogP contribution >= 0.6 is 0 Å². The Morgan fingerprint density at radius 3 is 2.79 bits per heavy atom. The number of anilines is 1. The summed E-state index contributed by atoms with van der Waals surface area (Å²) in [6.45, 7) is 2.59. The summed E-state index contributed by atoms with van der Waals surface area (Å²) in [5, 5.41) is 6.24. The summed E-state index contributed by atoms with van der Waals surface area (Å²) >= 11 is 0. The van der Waals surface area contributed by atoms with E-state index < -0.39 is 0 Å². The van der Waals surface area contributed by atoms with E-state index in [4.69, 9.17) is 0 Å². The van der Waals surface area contributed by atoms with Crippen molar-refractivity contribution < 1.29 is 14.4 Å². The Morgan fingerprint density at radius 2 is 2.07 bits per heavy atom. The summed E-state index contributed by atoms with van der Waals surface area (Å²) < 4.78 is 0. The summed E-state index contributed by atoms with van der Waals surface area (Å²) in [4.78, 5) is 38.5. The minimum absolute atomic E-state index is 0.0800. The summed E-state index contributed by atoms with van der Waals surface area (Å²) in [5.74, 6) is 0.148. The highest BCUT2D eigenvalue weighted by Crippen LogP contribution is 2.48. The van der Waals surface area contributed by atoms with Crippen molar-refractivity contribution >= 4 is 23.4 Å². The van der Waals surface area contributed by atoms with Crippen LogP contribution in [0.15, 0.2) is 18.2 Å². The quantitative estimate of drug-likeness (QED) is 0.819. The second-order valence-electron chi connectivity index (χ2n) is 8.52. The number of fused-ring (bicyclic) bond motifs is 3. The number of aryl methyl sites for hydroxylation is 1. The summed E-state index contributed by atoms with van der Waals surface area (Å²) in [6.07, 6.45) is 6.40. The van der Waals surface area contributed by atoms with Gasteiger partial charge in [-0.05, 0) is 61.1 Å². The highest BCUT2D eigenvalue weighted by molar-refractivity contribution is 5.99. The van der Waals surface area contributed by atoms with E-state index in [1.165, 1.54) is 24.6 Å². The van der Waals surface area contributed by atoms with E-state index in [2.05, 4.69) is 22.8 Å². The molecule has 0 saturated heterocycles. The molecule has 1 heterocycles. The van der Waals surface area contributed by atoms with Gasteiger partial charge in [0.25, 0.3) is 0 Å². The van der Waals surface area contributed by atoms with Crippen LogP contribution in [0.1, 0.15) is 50.2 Å². The molecule has 2 saturated carbocycles. The normalized spacial score (nSPS) is 25.0. The number of amides is 3. The van der Waals surface area contributed by atoms with E-state index in [1.807, 2.05) is 6.07 Å². The van der Waals surface area contributed by atoms with E-state index in [0.717, 1.165) is 49.1 Å². The minimum Gasteiger partial charge on any atom is -0.385 e. The number of nitrogens with one attached hydrogen (secondary N) is 2. The first-order valence-electron chi connectivity index (χ1n) is 10.5. The molecule has 2 N–H and O–H groups in total. The third-order valence-corrected chi connectivity index (χ3v) is 6.60. The van der Waals surface area contributed by atoms with Crippen LogP contribution in [0.3, 0.4) is 0 Å². The molecule has 4 rings (SSSR count). The largest absolute Gasteiger partial charge is 0.385 e. The van der Waals surface area contributed by atoms with Crippen LogP contribution in [0.25, 0.3) is 0 Å². The van der Waals surface area contributed by atoms with Crippen LogP contribution in [0.2, 0.25) is 0 Å². The summed E-state index contributed by atoms with van der Waals surface area (Å²) in [6, 6.07) is 6.17. The van der Waals surface area contributed by atoms with Crippen molar-refractivity contribution in [1.29, 1.82) is 0 Å². The molecular weight excluding hydrogens is 354 g/mol. The number of hydrogen-bond donors (Lipinski definition) is 2. The zero-order valence-electron chi connectivity index (χ0n) is 16.5. The molecule has 1 aliphatic heterocycles. The second kappa shape index (κ2) is 7.94. The molecule has 1 aromatic carbocycles. The monoisotopic (exact) mass is 383 g/mol. The molecule has 0 spiro atoms. The van der Waals surface area contributed by atoms with Gasteiger partial charge in [-0.25, -0.2) is 0 Å². The van der Waals surface area contributed by atoms with Gasteiger partial charge in [0, 0.05) is 31.6 Å². The molecule has 6 heteroatoms. The molecule has 2 aliphatic carbocycles. The first-order chi connectivity index (χ1) is 13.5. The van der Waals surface area contributed by atoms with Gasteiger partial charge in [-0.2, -0.15) is 0 Å². The fourth-order valence-electron chi connectivity index (χ4n) is 5.13. The fraction of sp³-hybridized carbons (Fsp3) is 0.591. The summed E-state index contributed by atoms with van der Waals surface area (Å²) in [5.41, 5.74) is 3.47. The lowest BCUT2D eigenvalue weighted by Crippen LogP contribution is -2.46. The molecule has 0 radical (unpaired) electrons. The maximum Gasteiger partial charge on any atom is 0.240 e. The molecule has 3 amide bonds. The maximum atomic E-state index is 12.9. The van der Waals surface area contributed by atoms with Crippen molar-refractivity contribution in [2.75, 3.05) is 18.4 Å². The highest BCUT2D eigenvalue weighted by atomic mass is 16.2. The molecule has 3 aliphatic rings. The van der Waals surface area contributed by atoms with Crippen LogP contribution in [-0.4, -0.2) is 35.7 Å². The highest BCUT2D eigenvalue weighted by Gasteiger charge is 2.45. The topological polar surface area (TPSA) is 78.5 Å². The Labute approximate surface area is 166 Å². The van der Waals surface area contributed by atoms with Crippen molar-refractivity contribution in [2.24, 2.45) is 17.8 Å². The van der Waals surface area contributed by atoms with E-state index in [1.54, 1.807) is 0 Å². The lowest BCUT2D eigenvalue weighted by molar-refractivity contribution is -0.150. The van der Waals surface area contributed by atoms with Crippen molar-refractivity contribution in [3.8, 4) is 0 Å². The number of nitrogens with zero attached hydrogens (tertiary/aromatic N) is 1. The van der Waals surface area contributed by atoms with Gasteiger partial charge in [-0.1, -0.05) is 18.6 Å². The van der Waals surface area contributed by atoms with Gasteiger partial charge >= 0.3 is 0 Å². The average Bonchev–Trinajstić information content (AvgIpc) is 3.33. The van der Waals surface area contributed by atoms with Gasteiger partial charge in [0.2, 0.25) is 17.7 Å². The van der Waals surface area contributed by atoms with Gasteiger partial charge in [0.1, 0.15) is 6.54 Å². The second-order valence-corrected chi connectivity index (χ2v) is 8.52. The van der Waals surface area contributed by atoms with Gasteiger partial charge in [-0.3, -0.25) is 19.3 Å². The summed E-state index contributed by atoms with van der Waals surface area (Å²) in [7, 11) is 0. The van der Waals surface area contributed by atoms with E-state index in [-0.39, 0.29) is 30.2 Å². The molecule has 28 heavy (non-hydrogen) atoms. The predicted octanol–water partition coefficient (Wildman–Crippen LogP) is 2.47. The molecule has 2 bridgehead atoms. The Kier molecular flexibility index (Phi) is 5.38. The van der Waals surface area contributed by atoms with Gasteiger partial charge in [0.15, 0.2) is 0 Å². The number of rotatable bonds is 5. The Balaban J connectivity index is 1.33. The lowest BCUT2D eigenvalue weighted by atomic mass is 9.87. The molecule has 0 aromatic heterocycles. The van der Waals surface area contributed by atoms with Gasteiger partial charge < -0.3 is 10.6 Å². The maximum absolute atomic E-state index is 12.9. The number of carbonyl (C=O) groups is 3. The molecule has 2 fully saturated rings. The van der Waals surface area contributed by atoms with Crippen molar-refractivity contribution in [3.63, 3.8) is 0 Å². The number of hydrogen-bond acceptors (Lipinski definition) is 4. The van der Waals surface area contributed by atoms with E-state index in [9.17, 15) is 14.4 Å². The van der Waals surface area contributed by atoms with E-state index in [0.29, 0.717) is 18.4 Å². The third kappa shape index (κ3) is 3.91. The van der Waals surface area contributed by atoms with E-state index >= 15 is 0 Å². The minimum atomic E-state index is -0.345. The molecule has 0 unspecified atom stereocenters. The van der Waals surface area contributed by atoms with Crippen molar-refractivity contribution in [1.82, 2.24) is 10.2 Å². The molecule has 6 nitrogen and oxygen atoms in total. The van der Waals surface area contributed by atoms with Crippen LogP contribution in [0.4, 0.5) is 5.69 Å². The smallest absolute Gasteiger partial charge is 0.240 e. The van der Waals surface area contributed by atoms with Crippen molar-refractivity contribution in [2.45, 2.75) is 52.0 Å². The Morgan fingerprint density at radius 1 is 1.21 bits per heavy atom. The molecule has 150 valence electrons. The van der Waals surface area contributed by atoms with Crippen LogP contribution in [-0.2, 0) is 27.3 Å². The number of carbonyl (C=O) groups excluding carboxylic acids is 3. The third-order valence-electron chi connectivity index (χ3n) is 6.60. The van der Waals surface area contributed by atoms with Gasteiger partial charge in [-0.15, -0.1) is 0 Å². The zero-order chi connectivity index (χ0) is 19.7. The molecule has 3 atom stereocenters. The van der Waals surface area contributed by atoms with Crippen LogP contribution < -0.4 is 10.6 Å². The van der Waals surface area contributed by atoms with Crippen LogP contribution in [0.5, 0.6) is 0 Å². The predicted molar refractivity (Wildman–Crippen MR) is 106 cm³/mol. The average molecular weight is 383 g/mol. The Bertz CT molecular complexity index is 791. The zero-order valence-corrected chi connectivity index (χ0v) is 16.5. The standard InChI is InChI=1S/C22H29N3O3/c1-14(26)25(22(28)19-11-15-4-6-17(19)9-15)13-21(27)24-12-16-5-7-20-18(10-16)3-2-8-23-20/h5,7,10,15,17,19,23H,2-4,6,8-9,11-13H2,1H3,(H,24,27)/t15-,17+,19-/m1/s1. The molecule has 1 aromatic rings. The SMILES string of the molecule is CC(=O)N(CC(=O)NCc1ccc2c(c1)CCCN2)C(=O)[C@@H]1C[C@@H]2CC[C@H]1C2. The lowest BCUT2D eigenvalue weighted by Gasteiger charge is -2.27. The fourth-order valence-corrected chi connectivity index (χ4v) is 5.13. The van der Waals surface area contributed by atoms with Crippen molar-refractivity contribution in [3.05, 3.63) is 29.3 Å². The first-order valence-corrected chi connectivity index (χ1v) is 10.5. The van der Waals surface area contributed by atoms with Crippen LogP contribution in [0, 0.1) is 17.8 Å². The Hall–Kier alpha value is -2.37. The number of imide groups is 1. The number of benzene rings is 1. The first kappa shape index (κ1) is 19.0. The van der Waals surface area contributed by atoms with Gasteiger partial charge in [0.05, 0.1) is 0 Å².